The average molecular weight is 273 g/mol. The van der Waals surface area contributed by atoms with Gasteiger partial charge in [-0.25, -0.2) is 4.39 Å². The van der Waals surface area contributed by atoms with Crippen LogP contribution in [0.4, 0.5) is 4.39 Å². The maximum absolute atomic E-state index is 13.6. The number of rotatable bonds is 4. The molecular weight excluding hydrogens is 251 g/mol. The van der Waals surface area contributed by atoms with Gasteiger partial charge >= 0.3 is 0 Å². The van der Waals surface area contributed by atoms with Crippen LogP contribution in [0.1, 0.15) is 17.5 Å². The van der Waals surface area contributed by atoms with Crippen LogP contribution in [0.15, 0.2) is 18.2 Å². The zero-order valence-corrected chi connectivity index (χ0v) is 11.9. The zero-order valence-electron chi connectivity index (χ0n) is 11.1. The molecule has 2 nitrogen and oxygen atoms in total. The summed E-state index contributed by atoms with van der Waals surface area (Å²) in [6.45, 7) is 5.98. The number of hydrogen-bond donors (Lipinski definition) is 1. The molecule has 1 aliphatic heterocycles. The van der Waals surface area contributed by atoms with Crippen LogP contribution in [0, 0.1) is 18.7 Å². The summed E-state index contributed by atoms with van der Waals surface area (Å²) in [5.41, 5.74) is 1.96. The van der Waals surface area contributed by atoms with Crippen molar-refractivity contribution < 1.29 is 4.39 Å². The second-order valence-corrected chi connectivity index (χ2v) is 5.04. The van der Waals surface area contributed by atoms with Crippen molar-refractivity contribution >= 4 is 12.4 Å². The SMILES string of the molecule is CNCC1CCN(Cc2cc(C)ccc2F)C1.Cl. The van der Waals surface area contributed by atoms with Crippen molar-refractivity contribution in [1.29, 1.82) is 0 Å². The van der Waals surface area contributed by atoms with Crippen molar-refractivity contribution in [3.8, 4) is 0 Å². The van der Waals surface area contributed by atoms with E-state index in [1.54, 1.807) is 6.07 Å². The van der Waals surface area contributed by atoms with E-state index in [1.807, 2.05) is 26.1 Å². The predicted molar refractivity (Wildman–Crippen MR) is 75.7 cm³/mol. The van der Waals surface area contributed by atoms with Crippen LogP contribution >= 0.6 is 12.4 Å². The minimum atomic E-state index is -0.0762. The van der Waals surface area contributed by atoms with E-state index in [2.05, 4.69) is 10.2 Å². The van der Waals surface area contributed by atoms with E-state index >= 15 is 0 Å². The lowest BCUT2D eigenvalue weighted by Gasteiger charge is -2.16. The van der Waals surface area contributed by atoms with E-state index < -0.39 is 0 Å². The Morgan fingerprint density at radius 1 is 1.44 bits per heavy atom. The third-order valence-electron chi connectivity index (χ3n) is 3.46. The predicted octanol–water partition coefficient (Wildman–Crippen LogP) is 2.60. The molecular formula is C14H22ClFN2. The molecule has 4 heteroatoms. The molecule has 1 aromatic rings. The van der Waals surface area contributed by atoms with Gasteiger partial charge in [0.25, 0.3) is 0 Å². The largest absolute Gasteiger partial charge is 0.319 e. The summed E-state index contributed by atoms with van der Waals surface area (Å²) >= 11 is 0. The monoisotopic (exact) mass is 272 g/mol. The molecule has 18 heavy (non-hydrogen) atoms. The molecule has 0 saturated carbocycles. The molecule has 0 aliphatic carbocycles. The second-order valence-electron chi connectivity index (χ2n) is 5.04. The molecule has 0 radical (unpaired) electrons. The van der Waals surface area contributed by atoms with E-state index in [-0.39, 0.29) is 18.2 Å². The highest BCUT2D eigenvalue weighted by Gasteiger charge is 2.22. The molecule has 0 amide bonds. The number of hydrogen-bond acceptors (Lipinski definition) is 2. The zero-order chi connectivity index (χ0) is 12.3. The molecule has 0 aromatic heterocycles. The number of nitrogens with one attached hydrogen (secondary N) is 1. The average Bonchev–Trinajstić information content (AvgIpc) is 2.72. The molecule has 1 N–H and O–H groups in total. The van der Waals surface area contributed by atoms with Crippen molar-refractivity contribution in [1.82, 2.24) is 10.2 Å². The van der Waals surface area contributed by atoms with Crippen LogP contribution in [0.5, 0.6) is 0 Å². The van der Waals surface area contributed by atoms with Crippen molar-refractivity contribution in [2.45, 2.75) is 19.9 Å². The summed E-state index contributed by atoms with van der Waals surface area (Å²) in [6, 6.07) is 5.36. The van der Waals surface area contributed by atoms with Gasteiger partial charge < -0.3 is 5.32 Å². The molecule has 1 aliphatic rings. The fourth-order valence-corrected chi connectivity index (χ4v) is 2.58. The standard InChI is InChI=1S/C14H21FN2.ClH/c1-11-3-4-14(15)13(7-11)10-17-6-5-12(9-17)8-16-2;/h3-4,7,12,16H,5-6,8-10H2,1-2H3;1H. The van der Waals surface area contributed by atoms with Crippen LogP contribution in [-0.4, -0.2) is 31.6 Å². The molecule has 102 valence electrons. The number of aryl methyl sites for hydroxylation is 1. The van der Waals surface area contributed by atoms with Gasteiger partial charge in [-0.15, -0.1) is 12.4 Å². The highest BCUT2D eigenvalue weighted by molar-refractivity contribution is 5.85. The van der Waals surface area contributed by atoms with Crippen LogP contribution in [0.3, 0.4) is 0 Å². The first-order valence-electron chi connectivity index (χ1n) is 6.31. The Kier molecular flexibility index (Phi) is 6.06. The van der Waals surface area contributed by atoms with Crippen LogP contribution < -0.4 is 5.32 Å². The Morgan fingerprint density at radius 2 is 2.22 bits per heavy atom. The van der Waals surface area contributed by atoms with E-state index in [0.29, 0.717) is 5.92 Å². The topological polar surface area (TPSA) is 15.3 Å². The number of benzene rings is 1. The van der Waals surface area contributed by atoms with Gasteiger partial charge in [0.2, 0.25) is 0 Å². The van der Waals surface area contributed by atoms with Crippen molar-refractivity contribution in [3.05, 3.63) is 35.1 Å². The van der Waals surface area contributed by atoms with Crippen molar-refractivity contribution in [2.75, 3.05) is 26.7 Å². The lowest BCUT2D eigenvalue weighted by molar-refractivity contribution is 0.310. The fourth-order valence-electron chi connectivity index (χ4n) is 2.58. The third kappa shape index (κ3) is 3.94. The number of halogens is 2. The van der Waals surface area contributed by atoms with E-state index in [4.69, 9.17) is 0 Å². The Bertz CT molecular complexity index is 384. The van der Waals surface area contributed by atoms with Gasteiger partial charge in [-0.2, -0.15) is 0 Å². The van der Waals surface area contributed by atoms with E-state index in [9.17, 15) is 4.39 Å². The van der Waals surface area contributed by atoms with Crippen LogP contribution in [-0.2, 0) is 6.54 Å². The van der Waals surface area contributed by atoms with Gasteiger partial charge in [-0.3, -0.25) is 4.90 Å². The third-order valence-corrected chi connectivity index (χ3v) is 3.46. The Balaban J connectivity index is 0.00000162. The fraction of sp³-hybridized carbons (Fsp3) is 0.571. The molecule has 1 heterocycles. The minimum absolute atomic E-state index is 0. The molecule has 0 bridgehead atoms. The lowest BCUT2D eigenvalue weighted by Crippen LogP contribution is -2.24. The minimum Gasteiger partial charge on any atom is -0.319 e. The Labute approximate surface area is 115 Å². The van der Waals surface area contributed by atoms with Crippen molar-refractivity contribution in [3.63, 3.8) is 0 Å². The molecule has 2 rings (SSSR count). The maximum Gasteiger partial charge on any atom is 0.127 e. The molecule has 0 spiro atoms. The van der Waals surface area contributed by atoms with Gasteiger partial charge in [-0.05, 0) is 45.5 Å². The highest BCUT2D eigenvalue weighted by atomic mass is 35.5. The van der Waals surface area contributed by atoms with Gasteiger partial charge in [-0.1, -0.05) is 17.7 Å². The summed E-state index contributed by atoms with van der Waals surface area (Å²) in [5, 5.41) is 3.21. The second kappa shape index (κ2) is 7.07. The molecule has 1 unspecified atom stereocenters. The summed E-state index contributed by atoms with van der Waals surface area (Å²) in [7, 11) is 1.99. The molecule has 1 aromatic carbocycles. The van der Waals surface area contributed by atoms with Gasteiger partial charge in [0.1, 0.15) is 5.82 Å². The van der Waals surface area contributed by atoms with Crippen LogP contribution in [0.2, 0.25) is 0 Å². The highest BCUT2D eigenvalue weighted by Crippen LogP contribution is 2.19. The normalized spacial score (nSPS) is 19.8. The summed E-state index contributed by atoms with van der Waals surface area (Å²) < 4.78 is 13.6. The first kappa shape index (κ1) is 15.4. The Hall–Kier alpha value is -0.640. The molecule has 1 fully saturated rings. The first-order chi connectivity index (χ1) is 8.19. The Morgan fingerprint density at radius 3 is 2.94 bits per heavy atom. The van der Waals surface area contributed by atoms with Gasteiger partial charge in [0.15, 0.2) is 0 Å². The lowest BCUT2D eigenvalue weighted by atomic mass is 10.1. The first-order valence-corrected chi connectivity index (χ1v) is 6.31. The molecule has 1 saturated heterocycles. The van der Waals surface area contributed by atoms with E-state index in [1.165, 1.54) is 6.42 Å². The number of likely N-dealkylation sites (tertiary alicyclic amines) is 1. The summed E-state index contributed by atoms with van der Waals surface area (Å²) in [4.78, 5) is 2.35. The number of nitrogens with zero attached hydrogens (tertiary/aromatic N) is 1. The maximum atomic E-state index is 13.6. The summed E-state index contributed by atoms with van der Waals surface area (Å²) in [5.74, 6) is 0.639. The van der Waals surface area contributed by atoms with Crippen LogP contribution in [0.25, 0.3) is 0 Å². The molecule has 1 atom stereocenters. The van der Waals surface area contributed by atoms with Crippen molar-refractivity contribution in [2.24, 2.45) is 5.92 Å². The summed E-state index contributed by atoms with van der Waals surface area (Å²) in [6.07, 6.45) is 1.22. The van der Waals surface area contributed by atoms with E-state index in [0.717, 1.165) is 37.3 Å². The van der Waals surface area contributed by atoms with Gasteiger partial charge in [0, 0.05) is 18.7 Å². The smallest absolute Gasteiger partial charge is 0.127 e. The van der Waals surface area contributed by atoms with Gasteiger partial charge in [0.05, 0.1) is 0 Å². The quantitative estimate of drug-likeness (QED) is 0.906.